The van der Waals surface area contributed by atoms with Crippen LogP contribution in [0.5, 0.6) is 0 Å². The third-order valence-electron chi connectivity index (χ3n) is 6.01. The van der Waals surface area contributed by atoms with Crippen LogP contribution in [-0.4, -0.2) is 81.6 Å². The Kier molecular flexibility index (Phi) is 6.93. The standard InChI is InChI=1S/C18H34N4O3S/c1-26(24,25)22-10-4-6-16(14-22)13-21-9-3-5-15(12-21)11-20-18(23)17-7-2-8-19-17/h15-17,19H,2-14H2,1H3,(H,20,23). The summed E-state index contributed by atoms with van der Waals surface area (Å²) in [6.45, 7) is 6.09. The lowest BCUT2D eigenvalue weighted by atomic mass is 9.94. The van der Waals surface area contributed by atoms with E-state index in [1.165, 1.54) is 6.26 Å². The summed E-state index contributed by atoms with van der Waals surface area (Å²) in [5.41, 5.74) is 0. The zero-order chi connectivity index (χ0) is 18.6. The first-order chi connectivity index (χ1) is 12.4. The van der Waals surface area contributed by atoms with Gasteiger partial charge in [0.15, 0.2) is 0 Å². The van der Waals surface area contributed by atoms with Crippen LogP contribution in [0.2, 0.25) is 0 Å². The predicted octanol–water partition coefficient (Wildman–Crippen LogP) is 0.238. The van der Waals surface area contributed by atoms with Gasteiger partial charge in [-0.05, 0) is 63.5 Å². The maximum absolute atomic E-state index is 12.2. The van der Waals surface area contributed by atoms with E-state index in [1.54, 1.807) is 4.31 Å². The van der Waals surface area contributed by atoms with Crippen LogP contribution in [0.4, 0.5) is 0 Å². The van der Waals surface area contributed by atoms with Crippen LogP contribution >= 0.6 is 0 Å². The summed E-state index contributed by atoms with van der Waals surface area (Å²) in [4.78, 5) is 14.6. The highest BCUT2D eigenvalue weighted by molar-refractivity contribution is 7.88. The van der Waals surface area contributed by atoms with Gasteiger partial charge in [0.2, 0.25) is 15.9 Å². The molecule has 0 saturated carbocycles. The molecule has 2 N–H and O–H groups in total. The smallest absolute Gasteiger partial charge is 0.237 e. The first kappa shape index (κ1) is 20.0. The molecule has 0 aromatic heterocycles. The number of sulfonamides is 1. The summed E-state index contributed by atoms with van der Waals surface area (Å²) >= 11 is 0. The summed E-state index contributed by atoms with van der Waals surface area (Å²) in [7, 11) is -3.08. The molecular formula is C18H34N4O3S. The van der Waals surface area contributed by atoms with Crippen molar-refractivity contribution in [1.82, 2.24) is 19.8 Å². The highest BCUT2D eigenvalue weighted by Gasteiger charge is 2.29. The van der Waals surface area contributed by atoms with Crippen LogP contribution in [0.3, 0.4) is 0 Å². The molecule has 3 heterocycles. The molecule has 150 valence electrons. The number of nitrogens with zero attached hydrogens (tertiary/aromatic N) is 2. The van der Waals surface area contributed by atoms with Gasteiger partial charge in [-0.2, -0.15) is 0 Å². The minimum absolute atomic E-state index is 0.00101. The molecule has 3 unspecified atom stereocenters. The Morgan fingerprint density at radius 2 is 1.85 bits per heavy atom. The van der Waals surface area contributed by atoms with Crippen LogP contribution < -0.4 is 10.6 Å². The van der Waals surface area contributed by atoms with Gasteiger partial charge in [0, 0.05) is 32.7 Å². The SMILES string of the molecule is CS(=O)(=O)N1CCCC(CN2CCCC(CNC(=O)C3CCCN3)C2)C1. The lowest BCUT2D eigenvalue weighted by Crippen LogP contribution is -2.48. The Labute approximate surface area is 157 Å². The number of amides is 1. The van der Waals surface area contributed by atoms with Gasteiger partial charge in [-0.15, -0.1) is 0 Å². The van der Waals surface area contributed by atoms with Gasteiger partial charge in [-0.3, -0.25) is 4.79 Å². The molecule has 0 aliphatic carbocycles. The van der Waals surface area contributed by atoms with Gasteiger partial charge in [0.25, 0.3) is 0 Å². The average Bonchev–Trinajstić information content (AvgIpc) is 3.14. The second kappa shape index (κ2) is 8.99. The lowest BCUT2D eigenvalue weighted by Gasteiger charge is -2.38. The summed E-state index contributed by atoms with van der Waals surface area (Å²) in [6.07, 6.45) is 7.73. The van der Waals surface area contributed by atoms with Crippen LogP contribution in [0.1, 0.15) is 38.5 Å². The molecule has 0 aromatic rings. The zero-order valence-electron chi connectivity index (χ0n) is 16.0. The van der Waals surface area contributed by atoms with Crippen molar-refractivity contribution in [3.63, 3.8) is 0 Å². The monoisotopic (exact) mass is 386 g/mol. The summed E-state index contributed by atoms with van der Waals surface area (Å²) in [6, 6.07) is -0.00101. The molecule has 7 nitrogen and oxygen atoms in total. The van der Waals surface area contributed by atoms with E-state index < -0.39 is 10.0 Å². The molecule has 0 bridgehead atoms. The normalized spacial score (nSPS) is 31.8. The minimum atomic E-state index is -3.08. The van der Waals surface area contributed by atoms with Gasteiger partial charge in [-0.25, -0.2) is 12.7 Å². The third kappa shape index (κ3) is 5.65. The number of carbonyl (C=O) groups is 1. The molecule has 8 heteroatoms. The third-order valence-corrected chi connectivity index (χ3v) is 7.28. The Morgan fingerprint density at radius 3 is 2.58 bits per heavy atom. The van der Waals surface area contributed by atoms with Crippen LogP contribution in [0.15, 0.2) is 0 Å². The number of nitrogens with one attached hydrogen (secondary N) is 2. The molecule has 3 atom stereocenters. The molecular weight excluding hydrogens is 352 g/mol. The van der Waals surface area contributed by atoms with Gasteiger partial charge in [0.1, 0.15) is 0 Å². The van der Waals surface area contributed by atoms with E-state index in [0.29, 0.717) is 24.9 Å². The van der Waals surface area contributed by atoms with Gasteiger partial charge in [0.05, 0.1) is 12.3 Å². The Morgan fingerprint density at radius 1 is 1.08 bits per heavy atom. The summed E-state index contributed by atoms with van der Waals surface area (Å²) in [5, 5.41) is 6.38. The van der Waals surface area contributed by atoms with Crippen LogP contribution in [0.25, 0.3) is 0 Å². The molecule has 3 fully saturated rings. The van der Waals surface area contributed by atoms with E-state index in [4.69, 9.17) is 0 Å². The number of rotatable bonds is 6. The van der Waals surface area contributed by atoms with E-state index in [9.17, 15) is 13.2 Å². The molecule has 0 radical (unpaired) electrons. The van der Waals surface area contributed by atoms with E-state index in [1.807, 2.05) is 0 Å². The maximum atomic E-state index is 12.2. The van der Waals surface area contributed by atoms with E-state index in [-0.39, 0.29) is 11.9 Å². The molecule has 3 aliphatic heterocycles. The fourth-order valence-electron chi connectivity index (χ4n) is 4.60. The second-order valence-corrected chi connectivity index (χ2v) is 10.3. The first-order valence-electron chi connectivity index (χ1n) is 10.1. The highest BCUT2D eigenvalue weighted by atomic mass is 32.2. The number of hydrogen-bond donors (Lipinski definition) is 2. The predicted molar refractivity (Wildman–Crippen MR) is 102 cm³/mol. The van der Waals surface area contributed by atoms with Crippen molar-refractivity contribution in [1.29, 1.82) is 0 Å². The molecule has 26 heavy (non-hydrogen) atoms. The average molecular weight is 387 g/mol. The molecule has 0 spiro atoms. The van der Waals surface area contributed by atoms with Crippen LogP contribution in [0, 0.1) is 11.8 Å². The number of hydrogen-bond acceptors (Lipinski definition) is 5. The molecule has 3 rings (SSSR count). The summed E-state index contributed by atoms with van der Waals surface area (Å²) < 4.78 is 25.2. The topological polar surface area (TPSA) is 81.8 Å². The fourth-order valence-corrected chi connectivity index (χ4v) is 5.54. The minimum Gasteiger partial charge on any atom is -0.354 e. The fraction of sp³-hybridized carbons (Fsp3) is 0.944. The molecule has 3 saturated heterocycles. The van der Waals surface area contributed by atoms with E-state index in [2.05, 4.69) is 15.5 Å². The quantitative estimate of drug-likeness (QED) is 0.683. The number of piperidine rings is 2. The van der Waals surface area contributed by atoms with Crippen molar-refractivity contribution in [3.05, 3.63) is 0 Å². The van der Waals surface area contributed by atoms with Gasteiger partial charge < -0.3 is 15.5 Å². The largest absolute Gasteiger partial charge is 0.354 e. The van der Waals surface area contributed by atoms with Crippen molar-refractivity contribution >= 4 is 15.9 Å². The number of likely N-dealkylation sites (tertiary alicyclic amines) is 1. The molecule has 3 aliphatic rings. The second-order valence-electron chi connectivity index (χ2n) is 8.29. The van der Waals surface area contributed by atoms with Gasteiger partial charge in [-0.1, -0.05) is 0 Å². The Hall–Kier alpha value is -0.700. The molecule has 1 amide bonds. The van der Waals surface area contributed by atoms with Crippen molar-refractivity contribution in [3.8, 4) is 0 Å². The Balaban J connectivity index is 1.42. The number of carbonyl (C=O) groups excluding carboxylic acids is 1. The maximum Gasteiger partial charge on any atom is 0.237 e. The van der Waals surface area contributed by atoms with Crippen molar-refractivity contribution in [2.45, 2.75) is 44.6 Å². The van der Waals surface area contributed by atoms with Crippen molar-refractivity contribution in [2.24, 2.45) is 11.8 Å². The van der Waals surface area contributed by atoms with Crippen molar-refractivity contribution < 1.29 is 13.2 Å². The Bertz CT molecular complexity index is 577. The van der Waals surface area contributed by atoms with Gasteiger partial charge >= 0.3 is 0 Å². The van der Waals surface area contributed by atoms with Crippen LogP contribution in [-0.2, 0) is 14.8 Å². The van der Waals surface area contributed by atoms with E-state index in [0.717, 1.165) is 71.2 Å². The summed E-state index contributed by atoms with van der Waals surface area (Å²) in [5.74, 6) is 1.08. The lowest BCUT2D eigenvalue weighted by molar-refractivity contribution is -0.123. The highest BCUT2D eigenvalue weighted by Crippen LogP contribution is 2.23. The van der Waals surface area contributed by atoms with E-state index >= 15 is 0 Å². The first-order valence-corrected chi connectivity index (χ1v) is 11.9. The molecule has 0 aromatic carbocycles. The van der Waals surface area contributed by atoms with Crippen molar-refractivity contribution in [2.75, 3.05) is 52.1 Å². The zero-order valence-corrected chi connectivity index (χ0v) is 16.8.